The standard InChI is InChI=1S/C21H22N2O5S2/c1-13(2)30(26,27)16-8-6-15(7-9-16)20(25)22-21-23(12-19(24)28-4)17-10-5-14(3)11-18(17)29-21/h5-11,13H,12H2,1-4H3. The first-order chi connectivity index (χ1) is 14.1. The maximum Gasteiger partial charge on any atom is 0.325 e. The molecule has 1 amide bonds. The van der Waals surface area contributed by atoms with Crippen molar-refractivity contribution in [1.29, 1.82) is 0 Å². The van der Waals surface area contributed by atoms with Crippen LogP contribution >= 0.6 is 11.3 Å². The minimum atomic E-state index is -3.42. The first kappa shape index (κ1) is 21.9. The van der Waals surface area contributed by atoms with E-state index in [4.69, 9.17) is 4.74 Å². The number of hydrogen-bond donors (Lipinski definition) is 0. The summed E-state index contributed by atoms with van der Waals surface area (Å²) >= 11 is 1.30. The number of thiazole rings is 1. The maximum atomic E-state index is 12.7. The number of sulfone groups is 1. The number of aromatic nitrogens is 1. The number of esters is 1. The van der Waals surface area contributed by atoms with E-state index in [1.165, 1.54) is 42.7 Å². The van der Waals surface area contributed by atoms with Crippen LogP contribution in [0.25, 0.3) is 10.2 Å². The summed E-state index contributed by atoms with van der Waals surface area (Å²) in [6.45, 7) is 5.09. The van der Waals surface area contributed by atoms with Crippen LogP contribution in [0.15, 0.2) is 52.4 Å². The van der Waals surface area contributed by atoms with Gasteiger partial charge in [-0.3, -0.25) is 9.59 Å². The van der Waals surface area contributed by atoms with Gasteiger partial charge in [-0.25, -0.2) is 8.42 Å². The summed E-state index contributed by atoms with van der Waals surface area (Å²) in [5.74, 6) is -0.974. The molecular weight excluding hydrogens is 424 g/mol. The average molecular weight is 447 g/mol. The molecule has 1 heterocycles. The highest BCUT2D eigenvalue weighted by molar-refractivity contribution is 7.92. The number of fused-ring (bicyclic) bond motifs is 1. The van der Waals surface area contributed by atoms with Gasteiger partial charge in [0.25, 0.3) is 5.91 Å². The van der Waals surface area contributed by atoms with Crippen LogP contribution in [0.3, 0.4) is 0 Å². The molecule has 0 saturated carbocycles. The lowest BCUT2D eigenvalue weighted by atomic mass is 10.2. The summed E-state index contributed by atoms with van der Waals surface area (Å²) < 4.78 is 31.8. The van der Waals surface area contributed by atoms with E-state index >= 15 is 0 Å². The number of ether oxygens (including phenoxy) is 1. The van der Waals surface area contributed by atoms with Gasteiger partial charge in [0.15, 0.2) is 14.6 Å². The molecule has 158 valence electrons. The highest BCUT2D eigenvalue weighted by Gasteiger charge is 2.19. The zero-order chi connectivity index (χ0) is 22.1. The quantitative estimate of drug-likeness (QED) is 0.561. The molecule has 2 aromatic carbocycles. The van der Waals surface area contributed by atoms with Gasteiger partial charge in [-0.15, -0.1) is 0 Å². The number of carbonyl (C=O) groups is 2. The monoisotopic (exact) mass is 446 g/mol. The number of amides is 1. The number of rotatable bonds is 5. The van der Waals surface area contributed by atoms with Crippen molar-refractivity contribution in [2.45, 2.75) is 37.5 Å². The molecule has 0 aliphatic carbocycles. The second kappa shape index (κ2) is 8.53. The summed E-state index contributed by atoms with van der Waals surface area (Å²) in [6, 6.07) is 11.5. The van der Waals surface area contributed by atoms with Crippen LogP contribution in [-0.2, 0) is 25.9 Å². The van der Waals surface area contributed by atoms with Crippen LogP contribution in [0.2, 0.25) is 0 Å². The lowest BCUT2D eigenvalue weighted by molar-refractivity contribution is -0.141. The van der Waals surface area contributed by atoms with Gasteiger partial charge in [-0.2, -0.15) is 4.99 Å². The van der Waals surface area contributed by atoms with Gasteiger partial charge >= 0.3 is 5.97 Å². The molecule has 0 atom stereocenters. The number of benzene rings is 2. The lowest BCUT2D eigenvalue weighted by Crippen LogP contribution is -2.22. The van der Waals surface area contributed by atoms with Gasteiger partial charge in [-0.05, 0) is 62.7 Å². The Kier molecular flexibility index (Phi) is 6.23. The molecule has 30 heavy (non-hydrogen) atoms. The number of methoxy groups -OCH3 is 1. The first-order valence-corrected chi connectivity index (χ1v) is 11.6. The summed E-state index contributed by atoms with van der Waals surface area (Å²) in [5.41, 5.74) is 2.09. The SMILES string of the molecule is COC(=O)Cn1c(=NC(=O)c2ccc(S(=O)(=O)C(C)C)cc2)sc2cc(C)ccc21. The van der Waals surface area contributed by atoms with E-state index in [-0.39, 0.29) is 17.0 Å². The zero-order valence-electron chi connectivity index (χ0n) is 17.1. The molecule has 7 nitrogen and oxygen atoms in total. The van der Waals surface area contributed by atoms with E-state index in [1.807, 2.05) is 25.1 Å². The molecule has 0 unspecified atom stereocenters. The van der Waals surface area contributed by atoms with Crippen molar-refractivity contribution in [2.24, 2.45) is 4.99 Å². The third kappa shape index (κ3) is 4.36. The molecule has 0 spiro atoms. The highest BCUT2D eigenvalue weighted by Crippen LogP contribution is 2.20. The number of carbonyl (C=O) groups excluding carboxylic acids is 2. The smallest absolute Gasteiger partial charge is 0.325 e. The van der Waals surface area contributed by atoms with E-state index in [2.05, 4.69) is 4.99 Å². The largest absolute Gasteiger partial charge is 0.468 e. The Morgan fingerprint density at radius 1 is 1.13 bits per heavy atom. The van der Waals surface area contributed by atoms with Crippen LogP contribution < -0.4 is 4.80 Å². The molecule has 3 aromatic rings. The molecule has 0 N–H and O–H groups in total. The second-order valence-corrected chi connectivity index (χ2v) is 10.6. The van der Waals surface area contributed by atoms with E-state index in [9.17, 15) is 18.0 Å². The third-order valence-electron chi connectivity index (χ3n) is 4.60. The molecule has 9 heteroatoms. The first-order valence-electron chi connectivity index (χ1n) is 9.23. The molecule has 0 aliphatic rings. The number of aryl methyl sites for hydroxylation is 1. The Morgan fingerprint density at radius 2 is 1.80 bits per heavy atom. The lowest BCUT2D eigenvalue weighted by Gasteiger charge is -2.07. The Hall–Kier alpha value is -2.78. The minimum absolute atomic E-state index is 0.0722. The molecular formula is C21H22N2O5S2. The Balaban J connectivity index is 2.04. The van der Waals surface area contributed by atoms with Crippen molar-refractivity contribution in [3.63, 3.8) is 0 Å². The summed E-state index contributed by atoms with van der Waals surface area (Å²) in [6.07, 6.45) is 0. The van der Waals surface area contributed by atoms with Crippen molar-refractivity contribution in [3.8, 4) is 0 Å². The number of nitrogens with zero attached hydrogens (tertiary/aromatic N) is 2. The maximum absolute atomic E-state index is 12.7. The van der Waals surface area contributed by atoms with E-state index in [0.29, 0.717) is 4.80 Å². The topological polar surface area (TPSA) is 94.8 Å². The van der Waals surface area contributed by atoms with E-state index < -0.39 is 27.0 Å². The normalized spacial score (nSPS) is 12.5. The predicted octanol–water partition coefficient (Wildman–Crippen LogP) is 3.11. The predicted molar refractivity (Wildman–Crippen MR) is 115 cm³/mol. The van der Waals surface area contributed by atoms with E-state index in [0.717, 1.165) is 15.8 Å². The van der Waals surface area contributed by atoms with Crippen LogP contribution in [0.5, 0.6) is 0 Å². The number of hydrogen-bond acceptors (Lipinski definition) is 6. The Morgan fingerprint density at radius 3 is 2.40 bits per heavy atom. The van der Waals surface area contributed by atoms with Crippen molar-refractivity contribution < 1.29 is 22.7 Å². The summed E-state index contributed by atoms with van der Waals surface area (Å²) in [4.78, 5) is 29.3. The van der Waals surface area contributed by atoms with Crippen molar-refractivity contribution in [2.75, 3.05) is 7.11 Å². The molecule has 0 aliphatic heterocycles. The van der Waals surface area contributed by atoms with Crippen LogP contribution in [0, 0.1) is 6.92 Å². The van der Waals surface area contributed by atoms with Crippen molar-refractivity contribution >= 4 is 43.3 Å². The van der Waals surface area contributed by atoms with Crippen LogP contribution in [0.1, 0.15) is 29.8 Å². The van der Waals surface area contributed by atoms with Gasteiger partial charge in [0.05, 0.1) is 27.5 Å². The third-order valence-corrected chi connectivity index (χ3v) is 7.81. The average Bonchev–Trinajstić information content (AvgIpc) is 3.03. The molecule has 0 bridgehead atoms. The van der Waals surface area contributed by atoms with Crippen molar-refractivity contribution in [1.82, 2.24) is 4.57 Å². The van der Waals surface area contributed by atoms with Gasteiger partial charge < -0.3 is 9.30 Å². The summed E-state index contributed by atoms with van der Waals surface area (Å²) in [7, 11) is -2.12. The molecule has 3 rings (SSSR count). The van der Waals surface area contributed by atoms with Gasteiger partial charge in [0, 0.05) is 5.56 Å². The molecule has 1 aromatic heterocycles. The zero-order valence-corrected chi connectivity index (χ0v) is 18.7. The minimum Gasteiger partial charge on any atom is -0.468 e. The van der Waals surface area contributed by atoms with Gasteiger partial charge in [-0.1, -0.05) is 17.4 Å². The van der Waals surface area contributed by atoms with Crippen LogP contribution in [0.4, 0.5) is 0 Å². The second-order valence-electron chi connectivity index (χ2n) is 7.05. The fraction of sp³-hybridized carbons (Fsp3) is 0.286. The fourth-order valence-electron chi connectivity index (χ4n) is 2.82. The Labute approximate surface area is 178 Å². The highest BCUT2D eigenvalue weighted by atomic mass is 32.2. The molecule has 0 fully saturated rings. The van der Waals surface area contributed by atoms with Crippen molar-refractivity contribution in [3.05, 3.63) is 58.4 Å². The van der Waals surface area contributed by atoms with Gasteiger partial charge in [0.1, 0.15) is 6.54 Å². The van der Waals surface area contributed by atoms with Crippen LogP contribution in [-0.4, -0.2) is 37.2 Å². The molecule has 0 radical (unpaired) electrons. The Bertz CT molecular complexity index is 1280. The van der Waals surface area contributed by atoms with Gasteiger partial charge in [0.2, 0.25) is 0 Å². The van der Waals surface area contributed by atoms with E-state index in [1.54, 1.807) is 18.4 Å². The summed E-state index contributed by atoms with van der Waals surface area (Å²) in [5, 5.41) is -0.553. The fourth-order valence-corrected chi connectivity index (χ4v) is 5.01. The molecule has 0 saturated heterocycles.